The van der Waals surface area contributed by atoms with Gasteiger partial charge >= 0.3 is 0 Å². The number of sulfonamides is 1. The quantitative estimate of drug-likeness (QED) is 0.877. The SMILES string of the molecule is CC(C)CN(C1CC1)S(=O)(=O)c1ccc(Cl)c(CO)c1. The summed E-state index contributed by atoms with van der Waals surface area (Å²) in [5.74, 6) is 0.273. The Bertz CT molecular complexity index is 582. The highest BCUT2D eigenvalue weighted by molar-refractivity contribution is 7.89. The third-order valence-electron chi connectivity index (χ3n) is 3.29. The van der Waals surface area contributed by atoms with E-state index in [4.69, 9.17) is 11.6 Å². The average Bonchev–Trinajstić information content (AvgIpc) is 3.20. The van der Waals surface area contributed by atoms with Crippen molar-refractivity contribution >= 4 is 21.6 Å². The van der Waals surface area contributed by atoms with Crippen LogP contribution in [0.5, 0.6) is 0 Å². The molecule has 4 nitrogen and oxygen atoms in total. The van der Waals surface area contributed by atoms with Gasteiger partial charge in [0, 0.05) is 17.6 Å². The third kappa shape index (κ3) is 3.34. The van der Waals surface area contributed by atoms with E-state index in [0.29, 0.717) is 17.1 Å². The summed E-state index contributed by atoms with van der Waals surface area (Å²) in [6, 6.07) is 4.62. The van der Waals surface area contributed by atoms with Crippen molar-refractivity contribution in [2.75, 3.05) is 6.54 Å². The fourth-order valence-corrected chi connectivity index (χ4v) is 4.21. The molecule has 0 saturated heterocycles. The zero-order chi connectivity index (χ0) is 14.9. The van der Waals surface area contributed by atoms with E-state index in [1.165, 1.54) is 18.2 Å². The monoisotopic (exact) mass is 317 g/mol. The molecule has 0 atom stereocenters. The number of aliphatic hydroxyl groups excluding tert-OH is 1. The molecule has 2 rings (SSSR count). The molecule has 0 heterocycles. The molecule has 1 aromatic rings. The van der Waals surface area contributed by atoms with Crippen LogP contribution in [0.3, 0.4) is 0 Å². The van der Waals surface area contributed by atoms with E-state index in [2.05, 4.69) is 0 Å². The van der Waals surface area contributed by atoms with Gasteiger partial charge in [0.25, 0.3) is 0 Å². The van der Waals surface area contributed by atoms with Crippen molar-refractivity contribution < 1.29 is 13.5 Å². The summed E-state index contributed by atoms with van der Waals surface area (Å²) in [6.07, 6.45) is 1.85. The topological polar surface area (TPSA) is 57.6 Å². The van der Waals surface area contributed by atoms with Crippen LogP contribution in [-0.4, -0.2) is 30.4 Å². The molecule has 0 aromatic heterocycles. The summed E-state index contributed by atoms with van der Waals surface area (Å²) < 4.78 is 27.0. The lowest BCUT2D eigenvalue weighted by atomic mass is 10.2. The molecule has 1 aliphatic rings. The zero-order valence-electron chi connectivity index (χ0n) is 11.7. The van der Waals surface area contributed by atoms with Crippen LogP contribution >= 0.6 is 11.6 Å². The number of nitrogens with zero attached hydrogens (tertiary/aromatic N) is 1. The molecule has 1 aromatic carbocycles. The lowest BCUT2D eigenvalue weighted by Gasteiger charge is -2.24. The van der Waals surface area contributed by atoms with Crippen LogP contribution in [0.1, 0.15) is 32.3 Å². The normalized spacial score (nSPS) is 16.1. The highest BCUT2D eigenvalue weighted by Crippen LogP contribution is 2.33. The fraction of sp³-hybridized carbons (Fsp3) is 0.571. The predicted molar refractivity (Wildman–Crippen MR) is 79.1 cm³/mol. The van der Waals surface area contributed by atoms with Gasteiger partial charge in [-0.1, -0.05) is 25.4 Å². The van der Waals surface area contributed by atoms with Gasteiger partial charge in [-0.05, 0) is 42.5 Å². The lowest BCUT2D eigenvalue weighted by Crippen LogP contribution is -2.36. The molecule has 0 unspecified atom stereocenters. The van der Waals surface area contributed by atoms with Gasteiger partial charge in [0.2, 0.25) is 10.0 Å². The Kier molecular flexibility index (Phi) is 4.74. The van der Waals surface area contributed by atoms with Crippen molar-refractivity contribution in [1.29, 1.82) is 0 Å². The van der Waals surface area contributed by atoms with Crippen LogP contribution in [0.4, 0.5) is 0 Å². The van der Waals surface area contributed by atoms with Crippen LogP contribution in [0, 0.1) is 5.92 Å². The number of benzene rings is 1. The molecule has 0 aliphatic heterocycles. The average molecular weight is 318 g/mol. The molecule has 0 bridgehead atoms. The molecule has 0 radical (unpaired) electrons. The van der Waals surface area contributed by atoms with Gasteiger partial charge in [-0.25, -0.2) is 8.42 Å². The minimum atomic E-state index is -3.52. The van der Waals surface area contributed by atoms with Crippen molar-refractivity contribution in [3.05, 3.63) is 28.8 Å². The number of halogens is 1. The first-order valence-corrected chi connectivity index (χ1v) is 8.59. The second-order valence-corrected chi connectivity index (χ2v) is 7.91. The molecule has 20 heavy (non-hydrogen) atoms. The highest BCUT2D eigenvalue weighted by Gasteiger charge is 2.38. The molecule has 0 amide bonds. The van der Waals surface area contributed by atoms with Gasteiger partial charge in [-0.2, -0.15) is 4.31 Å². The summed E-state index contributed by atoms with van der Waals surface area (Å²) in [5, 5.41) is 9.60. The Hall–Kier alpha value is -0.620. The first kappa shape index (κ1) is 15.8. The zero-order valence-corrected chi connectivity index (χ0v) is 13.3. The summed E-state index contributed by atoms with van der Waals surface area (Å²) >= 11 is 5.92. The highest BCUT2D eigenvalue weighted by atomic mass is 35.5. The number of hydrogen-bond donors (Lipinski definition) is 1. The van der Waals surface area contributed by atoms with E-state index in [1.54, 1.807) is 4.31 Å². The largest absolute Gasteiger partial charge is 0.392 e. The van der Waals surface area contributed by atoms with Crippen molar-refractivity contribution in [1.82, 2.24) is 4.31 Å². The summed E-state index contributed by atoms with van der Waals surface area (Å²) in [7, 11) is -3.52. The molecule has 112 valence electrons. The van der Waals surface area contributed by atoms with Crippen LogP contribution in [0.2, 0.25) is 5.02 Å². The summed E-state index contributed by atoms with van der Waals surface area (Å²) in [4.78, 5) is 0.207. The molecular formula is C14H20ClNO3S. The molecule has 0 spiro atoms. The molecule has 6 heteroatoms. The lowest BCUT2D eigenvalue weighted by molar-refractivity contribution is 0.281. The van der Waals surface area contributed by atoms with E-state index < -0.39 is 10.0 Å². The first-order valence-electron chi connectivity index (χ1n) is 6.77. The van der Waals surface area contributed by atoms with E-state index in [1.807, 2.05) is 13.8 Å². The maximum absolute atomic E-state index is 12.7. The van der Waals surface area contributed by atoms with Crippen molar-refractivity contribution in [2.24, 2.45) is 5.92 Å². The molecule has 1 aliphatic carbocycles. The van der Waals surface area contributed by atoms with E-state index in [9.17, 15) is 13.5 Å². The van der Waals surface area contributed by atoms with Gasteiger partial charge in [0.1, 0.15) is 0 Å². The van der Waals surface area contributed by atoms with E-state index in [0.717, 1.165) is 12.8 Å². The second-order valence-electron chi connectivity index (χ2n) is 5.61. The molecular weight excluding hydrogens is 298 g/mol. The first-order chi connectivity index (χ1) is 9.36. The third-order valence-corrected chi connectivity index (χ3v) is 5.58. The minimum absolute atomic E-state index is 0.121. The van der Waals surface area contributed by atoms with Gasteiger partial charge in [-0.3, -0.25) is 0 Å². The van der Waals surface area contributed by atoms with Crippen LogP contribution in [0.15, 0.2) is 23.1 Å². The smallest absolute Gasteiger partial charge is 0.243 e. The van der Waals surface area contributed by atoms with Crippen LogP contribution in [0.25, 0.3) is 0 Å². The number of rotatable bonds is 6. The minimum Gasteiger partial charge on any atom is -0.392 e. The predicted octanol–water partition coefficient (Wildman–Crippen LogP) is 2.64. The molecule has 1 fully saturated rings. The molecule has 1 N–H and O–H groups in total. The van der Waals surface area contributed by atoms with Gasteiger partial charge < -0.3 is 5.11 Å². The Morgan fingerprint density at radius 1 is 1.40 bits per heavy atom. The van der Waals surface area contributed by atoms with Crippen LogP contribution < -0.4 is 0 Å². The second kappa shape index (κ2) is 6.02. The Morgan fingerprint density at radius 3 is 2.55 bits per heavy atom. The van der Waals surface area contributed by atoms with Gasteiger partial charge in [0.15, 0.2) is 0 Å². The molecule has 1 saturated carbocycles. The van der Waals surface area contributed by atoms with E-state index in [-0.39, 0.29) is 23.5 Å². The summed E-state index contributed by atoms with van der Waals surface area (Å²) in [6.45, 7) is 4.26. The fourth-order valence-electron chi connectivity index (χ4n) is 2.13. The Balaban J connectivity index is 2.37. The van der Waals surface area contributed by atoms with Gasteiger partial charge in [0.05, 0.1) is 11.5 Å². The van der Waals surface area contributed by atoms with E-state index >= 15 is 0 Å². The Labute approximate surface area is 125 Å². The van der Waals surface area contributed by atoms with Crippen molar-refractivity contribution in [3.63, 3.8) is 0 Å². The van der Waals surface area contributed by atoms with Crippen molar-refractivity contribution in [3.8, 4) is 0 Å². The standard InChI is InChI=1S/C14H20ClNO3S/c1-10(2)8-16(12-3-4-12)20(18,19)13-5-6-14(15)11(7-13)9-17/h5-7,10,12,17H,3-4,8-9H2,1-2H3. The maximum atomic E-state index is 12.7. The maximum Gasteiger partial charge on any atom is 0.243 e. The number of hydrogen-bond acceptors (Lipinski definition) is 3. The van der Waals surface area contributed by atoms with Gasteiger partial charge in [-0.15, -0.1) is 0 Å². The van der Waals surface area contributed by atoms with Crippen LogP contribution in [-0.2, 0) is 16.6 Å². The number of aliphatic hydroxyl groups is 1. The Morgan fingerprint density at radius 2 is 2.05 bits per heavy atom. The summed E-state index contributed by atoms with van der Waals surface area (Å²) in [5.41, 5.74) is 0.438. The van der Waals surface area contributed by atoms with Crippen molar-refractivity contribution in [2.45, 2.75) is 44.2 Å².